The van der Waals surface area contributed by atoms with Crippen molar-refractivity contribution in [3.63, 3.8) is 0 Å². The molecule has 3 aromatic rings. The van der Waals surface area contributed by atoms with Gasteiger partial charge in [0.1, 0.15) is 19.6 Å². The standard InChI is InChI=1S/C29H35N3O3/c1-21(22-10-4-2-5-11-22)30-29(33)27-24-14-8-9-15-26(24)31-28(23-12-6-3-7-13-23)25(27)20-32(34)16-18-35-19-17-32/h3,6-9,12-15,21-22H,2,4-5,10-11,16-20H2,1H3,(H,30,33). The number of aromatic nitrogens is 1. The van der Waals surface area contributed by atoms with Gasteiger partial charge in [-0.15, -0.1) is 0 Å². The van der Waals surface area contributed by atoms with Crippen LogP contribution in [0.3, 0.4) is 0 Å². The minimum absolute atomic E-state index is 0.0848. The fourth-order valence-electron chi connectivity index (χ4n) is 5.65. The molecule has 1 saturated heterocycles. The van der Waals surface area contributed by atoms with E-state index >= 15 is 0 Å². The van der Waals surface area contributed by atoms with Gasteiger partial charge >= 0.3 is 0 Å². The molecule has 1 amide bonds. The largest absolute Gasteiger partial charge is 0.632 e. The van der Waals surface area contributed by atoms with Crippen LogP contribution < -0.4 is 5.32 Å². The van der Waals surface area contributed by atoms with Crippen molar-refractivity contribution < 1.29 is 14.2 Å². The van der Waals surface area contributed by atoms with E-state index < -0.39 is 4.65 Å². The molecular weight excluding hydrogens is 438 g/mol. The fourth-order valence-corrected chi connectivity index (χ4v) is 5.65. The van der Waals surface area contributed by atoms with Crippen molar-refractivity contribution in [2.45, 2.75) is 51.6 Å². The Kier molecular flexibility index (Phi) is 7.14. The minimum atomic E-state index is -0.404. The van der Waals surface area contributed by atoms with Gasteiger partial charge in [0.15, 0.2) is 0 Å². The number of carbonyl (C=O) groups excluding carboxylic acids is 1. The lowest BCUT2D eigenvalue weighted by atomic mass is 9.84. The Morgan fingerprint density at radius 2 is 1.74 bits per heavy atom. The number of hydrogen-bond acceptors (Lipinski definition) is 4. The number of nitrogens with one attached hydrogen (secondary N) is 1. The SMILES string of the molecule is CC(NC(=O)c1c(C[N+]2([O-])CCOCC2)c(-c2ccccc2)nc2ccccc12)C1CCCCC1. The van der Waals surface area contributed by atoms with E-state index in [1.165, 1.54) is 19.3 Å². The lowest BCUT2D eigenvalue weighted by Crippen LogP contribution is -2.50. The Hall–Kier alpha value is -2.80. The zero-order chi connectivity index (χ0) is 24.3. The van der Waals surface area contributed by atoms with Gasteiger partial charge in [-0.2, -0.15) is 0 Å². The molecule has 5 rings (SSSR count). The number of pyridine rings is 1. The fraction of sp³-hybridized carbons (Fsp3) is 0.448. The molecule has 2 aliphatic rings. The van der Waals surface area contributed by atoms with Crippen molar-refractivity contribution in [2.24, 2.45) is 5.92 Å². The third kappa shape index (κ3) is 5.25. The van der Waals surface area contributed by atoms with Crippen molar-refractivity contribution >= 4 is 16.8 Å². The second-order valence-corrected chi connectivity index (χ2v) is 10.1. The highest BCUT2D eigenvalue weighted by Crippen LogP contribution is 2.34. The predicted molar refractivity (Wildman–Crippen MR) is 139 cm³/mol. The van der Waals surface area contributed by atoms with Gasteiger partial charge in [0.05, 0.1) is 30.0 Å². The topological polar surface area (TPSA) is 74.3 Å². The molecule has 1 aliphatic heterocycles. The number of nitrogens with zero attached hydrogens (tertiary/aromatic N) is 2. The zero-order valence-electron chi connectivity index (χ0n) is 20.5. The Labute approximate surface area is 207 Å². The average Bonchev–Trinajstić information content (AvgIpc) is 2.89. The van der Waals surface area contributed by atoms with Gasteiger partial charge < -0.3 is 19.9 Å². The number of para-hydroxylation sites is 1. The van der Waals surface area contributed by atoms with Gasteiger partial charge in [-0.25, -0.2) is 4.98 Å². The first kappa shape index (κ1) is 23.9. The maximum atomic E-state index is 14.0. The predicted octanol–water partition coefficient (Wildman–Crippen LogP) is 5.45. The molecule has 184 valence electrons. The monoisotopic (exact) mass is 473 g/mol. The highest BCUT2D eigenvalue weighted by atomic mass is 16.6. The summed E-state index contributed by atoms with van der Waals surface area (Å²) in [6.45, 7) is 3.95. The number of rotatable bonds is 6. The van der Waals surface area contributed by atoms with E-state index in [1.807, 2.05) is 54.6 Å². The van der Waals surface area contributed by atoms with E-state index in [2.05, 4.69) is 12.2 Å². The summed E-state index contributed by atoms with van der Waals surface area (Å²) in [5.74, 6) is 0.392. The van der Waals surface area contributed by atoms with Crippen molar-refractivity contribution in [3.05, 3.63) is 70.9 Å². The first-order valence-electron chi connectivity index (χ1n) is 13.0. The second-order valence-electron chi connectivity index (χ2n) is 10.1. The van der Waals surface area contributed by atoms with Gasteiger partial charge in [-0.1, -0.05) is 67.8 Å². The Morgan fingerprint density at radius 1 is 1.06 bits per heavy atom. The summed E-state index contributed by atoms with van der Waals surface area (Å²) in [5, 5.41) is 17.9. The van der Waals surface area contributed by atoms with Crippen LogP contribution in [0.15, 0.2) is 54.6 Å². The van der Waals surface area contributed by atoms with Crippen molar-refractivity contribution in [1.29, 1.82) is 0 Å². The Bertz CT molecular complexity index is 1170. The molecule has 6 nitrogen and oxygen atoms in total. The molecule has 2 heterocycles. The first-order chi connectivity index (χ1) is 17.0. The summed E-state index contributed by atoms with van der Waals surface area (Å²) >= 11 is 0. The molecule has 1 aliphatic carbocycles. The van der Waals surface area contributed by atoms with Crippen LogP contribution in [0.25, 0.3) is 22.2 Å². The summed E-state index contributed by atoms with van der Waals surface area (Å²) in [5.41, 5.74) is 3.74. The summed E-state index contributed by atoms with van der Waals surface area (Å²) in [6.07, 6.45) is 6.04. The van der Waals surface area contributed by atoms with Gasteiger partial charge in [-0.05, 0) is 31.7 Å². The smallest absolute Gasteiger partial charge is 0.252 e. The molecule has 1 aromatic heterocycles. The van der Waals surface area contributed by atoms with Crippen LogP contribution >= 0.6 is 0 Å². The zero-order valence-corrected chi connectivity index (χ0v) is 20.5. The van der Waals surface area contributed by atoms with Crippen LogP contribution in [0, 0.1) is 11.1 Å². The number of amides is 1. The van der Waals surface area contributed by atoms with E-state index in [-0.39, 0.29) is 18.5 Å². The summed E-state index contributed by atoms with van der Waals surface area (Å²) in [7, 11) is 0. The van der Waals surface area contributed by atoms with E-state index in [0.29, 0.717) is 37.8 Å². The lowest BCUT2D eigenvalue weighted by molar-refractivity contribution is -0.901. The minimum Gasteiger partial charge on any atom is -0.632 e. The molecule has 2 fully saturated rings. The van der Waals surface area contributed by atoms with Crippen LogP contribution in [-0.2, 0) is 11.3 Å². The van der Waals surface area contributed by atoms with Gasteiger partial charge in [-0.3, -0.25) is 4.79 Å². The molecule has 1 saturated carbocycles. The third-order valence-corrected chi connectivity index (χ3v) is 7.72. The van der Waals surface area contributed by atoms with Crippen LogP contribution in [0.5, 0.6) is 0 Å². The number of carbonyl (C=O) groups is 1. The Balaban J connectivity index is 1.62. The number of hydroxylamine groups is 3. The van der Waals surface area contributed by atoms with E-state index in [9.17, 15) is 10.0 Å². The molecule has 0 bridgehead atoms. The molecule has 6 heteroatoms. The Morgan fingerprint density at radius 3 is 2.49 bits per heavy atom. The number of hydrogen-bond donors (Lipinski definition) is 1. The molecule has 2 aromatic carbocycles. The highest BCUT2D eigenvalue weighted by molar-refractivity contribution is 6.09. The number of ether oxygens (including phenoxy) is 1. The number of quaternary nitrogens is 1. The molecule has 1 unspecified atom stereocenters. The number of benzene rings is 2. The first-order valence-corrected chi connectivity index (χ1v) is 13.0. The number of morpholine rings is 1. The van der Waals surface area contributed by atoms with Crippen LogP contribution in [0.1, 0.15) is 54.9 Å². The molecule has 0 radical (unpaired) electrons. The molecule has 1 atom stereocenters. The maximum absolute atomic E-state index is 14.0. The average molecular weight is 474 g/mol. The van der Waals surface area contributed by atoms with Crippen LogP contribution in [0.4, 0.5) is 0 Å². The normalized spacial score (nSPS) is 19.4. The third-order valence-electron chi connectivity index (χ3n) is 7.72. The van der Waals surface area contributed by atoms with E-state index in [4.69, 9.17) is 9.72 Å². The molecular formula is C29H35N3O3. The molecule has 0 spiro atoms. The molecule has 35 heavy (non-hydrogen) atoms. The summed E-state index contributed by atoms with van der Waals surface area (Å²) in [4.78, 5) is 19.0. The second kappa shape index (κ2) is 10.4. The number of fused-ring (bicyclic) bond motifs is 1. The highest BCUT2D eigenvalue weighted by Gasteiger charge is 2.30. The van der Waals surface area contributed by atoms with Crippen LogP contribution in [-0.4, -0.2) is 47.9 Å². The molecule has 1 N–H and O–H groups in total. The summed E-state index contributed by atoms with van der Waals surface area (Å²) < 4.78 is 5.07. The van der Waals surface area contributed by atoms with E-state index in [1.54, 1.807) is 0 Å². The van der Waals surface area contributed by atoms with Crippen molar-refractivity contribution in [3.8, 4) is 11.3 Å². The van der Waals surface area contributed by atoms with Crippen LogP contribution in [0.2, 0.25) is 0 Å². The quantitative estimate of drug-likeness (QED) is 0.382. The summed E-state index contributed by atoms with van der Waals surface area (Å²) in [6, 6.07) is 17.8. The van der Waals surface area contributed by atoms with Gasteiger partial charge in [0, 0.05) is 22.6 Å². The van der Waals surface area contributed by atoms with Crippen molar-refractivity contribution in [1.82, 2.24) is 10.3 Å². The van der Waals surface area contributed by atoms with Crippen molar-refractivity contribution in [2.75, 3.05) is 26.3 Å². The van der Waals surface area contributed by atoms with Gasteiger partial charge in [0.25, 0.3) is 5.91 Å². The maximum Gasteiger partial charge on any atom is 0.252 e. The van der Waals surface area contributed by atoms with E-state index in [0.717, 1.165) is 40.6 Å². The van der Waals surface area contributed by atoms with Gasteiger partial charge in [0.2, 0.25) is 0 Å². The lowest BCUT2D eigenvalue weighted by Gasteiger charge is -2.45.